The van der Waals surface area contributed by atoms with Crippen LogP contribution in [-0.4, -0.2) is 78.4 Å². The molecule has 1 fully saturated rings. The van der Waals surface area contributed by atoms with E-state index < -0.39 is 63.0 Å². The third-order valence-corrected chi connectivity index (χ3v) is 9.46. The van der Waals surface area contributed by atoms with Crippen LogP contribution in [0.4, 0.5) is 16.5 Å². The summed E-state index contributed by atoms with van der Waals surface area (Å²) in [5.41, 5.74) is 3.27. The number of nitro benzene ring substituents is 1. The van der Waals surface area contributed by atoms with Gasteiger partial charge in [-0.3, -0.25) is 29.4 Å². The van der Waals surface area contributed by atoms with Crippen LogP contribution in [0.5, 0.6) is 5.75 Å². The van der Waals surface area contributed by atoms with E-state index in [2.05, 4.69) is 10.3 Å². The van der Waals surface area contributed by atoms with Crippen molar-refractivity contribution >= 4 is 51.1 Å². The summed E-state index contributed by atoms with van der Waals surface area (Å²) in [6, 6.07) is 7.72. The number of hydrogen-bond donors (Lipinski definition) is 6. The number of amides is 1. The topological polar surface area (TPSA) is 229 Å². The lowest BCUT2D eigenvalue weighted by molar-refractivity contribution is -0.384. The van der Waals surface area contributed by atoms with Gasteiger partial charge >= 0.3 is 0 Å². The van der Waals surface area contributed by atoms with Crippen molar-refractivity contribution in [2.24, 2.45) is 17.6 Å². The first-order valence-corrected chi connectivity index (χ1v) is 14.6. The highest BCUT2D eigenvalue weighted by Gasteiger charge is 2.64. The summed E-state index contributed by atoms with van der Waals surface area (Å²) in [7, 11) is 3.06. The van der Waals surface area contributed by atoms with E-state index in [0.717, 1.165) is 0 Å². The summed E-state index contributed by atoms with van der Waals surface area (Å²) < 4.78 is 0. The van der Waals surface area contributed by atoms with Crippen molar-refractivity contribution in [3.05, 3.63) is 79.9 Å². The minimum Gasteiger partial charge on any atom is -0.508 e. The van der Waals surface area contributed by atoms with Crippen LogP contribution in [0, 0.1) is 22.0 Å². The number of ketones is 2. The number of phenols is 1. The molecule has 14 nitrogen and oxygen atoms in total. The molecule has 6 rings (SSSR count). The van der Waals surface area contributed by atoms with Gasteiger partial charge in [-0.25, -0.2) is 4.98 Å². The smallest absolute Gasteiger partial charge is 0.270 e. The van der Waals surface area contributed by atoms with Gasteiger partial charge in [0.25, 0.3) is 11.6 Å². The van der Waals surface area contributed by atoms with E-state index in [1.165, 1.54) is 48.5 Å². The van der Waals surface area contributed by atoms with E-state index in [-0.39, 0.29) is 35.4 Å². The minimum absolute atomic E-state index is 0.0466. The van der Waals surface area contributed by atoms with E-state index in [4.69, 9.17) is 5.73 Å². The molecule has 3 aliphatic carbocycles. The lowest BCUT2D eigenvalue weighted by Gasteiger charge is -2.50. The van der Waals surface area contributed by atoms with Gasteiger partial charge in [0.15, 0.2) is 16.5 Å². The van der Waals surface area contributed by atoms with Crippen molar-refractivity contribution in [3.8, 4) is 17.0 Å². The van der Waals surface area contributed by atoms with Gasteiger partial charge in [-0.15, -0.1) is 11.3 Å². The van der Waals surface area contributed by atoms with Crippen molar-refractivity contribution < 1.29 is 39.7 Å². The number of aliphatic hydroxyl groups excluding tert-OH is 2. The molecule has 0 aliphatic heterocycles. The predicted molar refractivity (Wildman–Crippen MR) is 162 cm³/mol. The zero-order valence-electron chi connectivity index (χ0n) is 23.8. The molecule has 0 radical (unpaired) electrons. The van der Waals surface area contributed by atoms with Crippen LogP contribution in [-0.2, 0) is 20.8 Å². The van der Waals surface area contributed by atoms with Crippen LogP contribution in [0.1, 0.15) is 17.5 Å². The molecule has 45 heavy (non-hydrogen) atoms. The first-order chi connectivity index (χ1) is 21.2. The molecule has 1 amide bonds. The molecule has 3 aromatic rings. The number of phenolic OH excluding ortho intramolecular Hbond substituents is 1. The number of primary amides is 1. The van der Waals surface area contributed by atoms with Crippen LogP contribution >= 0.6 is 11.3 Å². The lowest BCUT2D eigenvalue weighted by atomic mass is 9.57. The van der Waals surface area contributed by atoms with Crippen LogP contribution in [0.25, 0.3) is 17.0 Å². The number of Topliss-reactive ketones (excluding diaryl/α,β-unsaturated/α-hetero) is 2. The summed E-state index contributed by atoms with van der Waals surface area (Å²) in [5.74, 6) is -7.27. The molecule has 1 saturated carbocycles. The Labute approximate surface area is 258 Å². The minimum atomic E-state index is -2.72. The fraction of sp³-hybridized carbons (Fsp3) is 0.267. The SMILES string of the molecule is CN(C)[C@@H]1C(=O)C(C(N)=O)=C(O)[C@@]2(O)C(=O)C3=C(O)c4c(O)ccc(Nc5nc(-c6cccc([N+](=O)[O-])c6)cs5)c4C[C@@H]3C[C@@H]12. The highest BCUT2D eigenvalue weighted by molar-refractivity contribution is 7.14. The fourth-order valence-corrected chi connectivity index (χ4v) is 7.45. The molecular formula is C30H27N5O9S. The van der Waals surface area contributed by atoms with Crippen LogP contribution < -0.4 is 11.1 Å². The molecule has 0 spiro atoms. The zero-order valence-corrected chi connectivity index (χ0v) is 24.7. The number of likely N-dealkylation sites (N-methyl/N-ethyl adjacent to an activating group) is 1. The second kappa shape index (κ2) is 10.5. The van der Waals surface area contributed by atoms with Gasteiger partial charge in [0.2, 0.25) is 5.78 Å². The molecule has 2 aromatic carbocycles. The summed E-state index contributed by atoms with van der Waals surface area (Å²) in [5, 5.41) is 61.4. The number of rotatable bonds is 6. The summed E-state index contributed by atoms with van der Waals surface area (Å²) in [6.45, 7) is 0. The van der Waals surface area contributed by atoms with Crippen molar-refractivity contribution in [1.82, 2.24) is 9.88 Å². The van der Waals surface area contributed by atoms with Crippen LogP contribution in [0.2, 0.25) is 0 Å². The standard InChI is InChI=1S/C30H27N5O9S/c1-34(2)23-16-10-13-9-15-17(32-29-33-18(11-45-29)12-4-3-5-14(8-12)35(43)44)6-7-19(36)21(15)24(37)20(13)26(39)30(16,42)27(40)22(25(23)38)28(31)41/h3-8,11,13,16,23,36-37,40,42H,9-10H2,1-2H3,(H2,31,41)(H,32,33)/t13-,16+,23+,30+/m1/s1. The molecule has 1 aromatic heterocycles. The highest BCUT2D eigenvalue weighted by atomic mass is 32.1. The van der Waals surface area contributed by atoms with Gasteiger partial charge in [0.05, 0.1) is 22.2 Å². The first kappa shape index (κ1) is 29.9. The average Bonchev–Trinajstić information content (AvgIpc) is 3.45. The number of carbonyl (C=O) groups is 3. The summed E-state index contributed by atoms with van der Waals surface area (Å²) >= 11 is 1.22. The number of thiazole rings is 1. The monoisotopic (exact) mass is 633 g/mol. The van der Waals surface area contributed by atoms with Crippen molar-refractivity contribution in [2.75, 3.05) is 19.4 Å². The number of benzene rings is 2. The number of aliphatic hydroxyl groups is 3. The van der Waals surface area contributed by atoms with E-state index in [1.54, 1.807) is 23.6 Å². The third-order valence-electron chi connectivity index (χ3n) is 8.70. The maximum atomic E-state index is 14.0. The number of nitrogens with one attached hydrogen (secondary N) is 1. The van der Waals surface area contributed by atoms with Crippen molar-refractivity contribution in [3.63, 3.8) is 0 Å². The first-order valence-electron chi connectivity index (χ1n) is 13.7. The molecule has 0 bridgehead atoms. The Morgan fingerprint density at radius 2 is 1.93 bits per heavy atom. The Morgan fingerprint density at radius 1 is 1.20 bits per heavy atom. The highest BCUT2D eigenvalue weighted by Crippen LogP contribution is 2.53. The van der Waals surface area contributed by atoms with E-state index >= 15 is 0 Å². The Hall–Kier alpha value is -5.12. The van der Waals surface area contributed by atoms with E-state index in [1.807, 2.05) is 0 Å². The maximum absolute atomic E-state index is 14.0. The second-order valence-corrected chi connectivity index (χ2v) is 12.3. The predicted octanol–water partition coefficient (Wildman–Crippen LogP) is 2.74. The van der Waals surface area contributed by atoms with Crippen LogP contribution in [0.3, 0.4) is 0 Å². The number of nitrogens with two attached hydrogens (primary N) is 1. The zero-order chi connectivity index (χ0) is 32.5. The Bertz CT molecular complexity index is 1900. The summed E-state index contributed by atoms with van der Waals surface area (Å²) in [6.07, 6.45) is 0.0451. The molecular weight excluding hydrogens is 606 g/mol. The van der Waals surface area contributed by atoms with Gasteiger partial charge in [0, 0.05) is 40.3 Å². The number of non-ortho nitro benzene ring substituents is 1. The molecule has 4 atom stereocenters. The van der Waals surface area contributed by atoms with Crippen LogP contribution in [0.15, 0.2) is 58.7 Å². The number of aromatic nitrogens is 1. The quantitative estimate of drug-likeness (QED) is 0.0996. The Morgan fingerprint density at radius 3 is 2.60 bits per heavy atom. The molecule has 1 heterocycles. The number of hydrogen-bond acceptors (Lipinski definition) is 13. The third kappa shape index (κ3) is 4.46. The normalized spacial score (nSPS) is 24.3. The number of carbonyl (C=O) groups excluding carboxylic acids is 3. The molecule has 15 heteroatoms. The molecule has 3 aliphatic rings. The maximum Gasteiger partial charge on any atom is 0.270 e. The van der Waals surface area contributed by atoms with Crippen molar-refractivity contribution in [1.29, 1.82) is 0 Å². The van der Waals surface area contributed by atoms with E-state index in [9.17, 15) is 44.9 Å². The number of fused-ring (bicyclic) bond motifs is 3. The van der Waals surface area contributed by atoms with Gasteiger partial charge < -0.3 is 31.5 Å². The Kier molecular flexibility index (Phi) is 6.99. The second-order valence-electron chi connectivity index (χ2n) is 11.4. The largest absolute Gasteiger partial charge is 0.508 e. The average molecular weight is 634 g/mol. The number of nitro groups is 1. The van der Waals surface area contributed by atoms with Crippen molar-refractivity contribution in [2.45, 2.75) is 24.5 Å². The number of anilines is 2. The fourth-order valence-electron chi connectivity index (χ4n) is 6.72. The summed E-state index contributed by atoms with van der Waals surface area (Å²) in [4.78, 5) is 56.1. The van der Waals surface area contributed by atoms with Gasteiger partial charge in [-0.1, -0.05) is 12.1 Å². The number of aromatic hydroxyl groups is 1. The van der Waals surface area contributed by atoms with Gasteiger partial charge in [0.1, 0.15) is 22.8 Å². The molecule has 232 valence electrons. The Balaban J connectivity index is 1.42. The molecule has 0 unspecified atom stereocenters. The van der Waals surface area contributed by atoms with Gasteiger partial charge in [-0.05, 0) is 50.6 Å². The van der Waals surface area contributed by atoms with E-state index in [0.29, 0.717) is 27.6 Å². The number of nitrogens with zero attached hydrogens (tertiary/aromatic N) is 3. The van der Waals surface area contributed by atoms with Gasteiger partial charge in [-0.2, -0.15) is 0 Å². The molecule has 7 N–H and O–H groups in total. The molecule has 0 saturated heterocycles. The lowest BCUT2D eigenvalue weighted by Crippen LogP contribution is -2.65.